The molecular weight excluding hydrogens is 811 g/mol. The highest BCUT2D eigenvalue weighted by Crippen LogP contribution is 2.24. The highest BCUT2D eigenvalue weighted by molar-refractivity contribution is 5.98. The molecule has 0 aliphatic rings. The standard InChI is InChI=1S/C40H51N11O11/c1-23(47-34(54)7-5-4-6-15-46-51-42)38(58)48-24(2)39(59)49-25(3)40(60)50-28-10-8-26(9-11-28)22-61-29-12-13-30-27(18-37(57)62-31(30)19-29)17-35(55)45-21-36(56)43-16-14-33(53)44-20-32(41)52/h8-13,18-19,23-25H,4-7,14-17,20-22H2,1-3H3,(H2,41,52)(H,43,56)(H,44,53)(H,45,55)(H,47,54)(H,48,58)(H,49,59)(H,50,60). The summed E-state index contributed by atoms with van der Waals surface area (Å²) in [4.78, 5) is 112. The zero-order valence-corrected chi connectivity index (χ0v) is 34.5. The van der Waals surface area contributed by atoms with Gasteiger partial charge < -0.3 is 52.1 Å². The molecule has 1 aromatic heterocycles. The summed E-state index contributed by atoms with van der Waals surface area (Å²) in [7, 11) is 0. The topological polar surface area (TPSA) is 335 Å². The van der Waals surface area contributed by atoms with Crippen LogP contribution in [0, 0.1) is 0 Å². The fourth-order valence-electron chi connectivity index (χ4n) is 5.49. The molecule has 3 atom stereocenters. The Balaban J connectivity index is 1.42. The van der Waals surface area contributed by atoms with E-state index in [9.17, 15) is 43.2 Å². The quantitative estimate of drug-likeness (QED) is 0.0190. The van der Waals surface area contributed by atoms with Gasteiger partial charge >= 0.3 is 5.63 Å². The van der Waals surface area contributed by atoms with Crippen LogP contribution in [-0.2, 0) is 51.4 Å². The summed E-state index contributed by atoms with van der Waals surface area (Å²) in [5, 5.41) is 21.5. The number of azide groups is 1. The summed E-state index contributed by atoms with van der Waals surface area (Å²) in [6.07, 6.45) is 1.77. The van der Waals surface area contributed by atoms with Crippen LogP contribution in [0.1, 0.15) is 64.0 Å². The number of hydrogen-bond donors (Lipinski definition) is 8. The minimum Gasteiger partial charge on any atom is -0.489 e. The second kappa shape index (κ2) is 25.2. The van der Waals surface area contributed by atoms with E-state index >= 15 is 0 Å². The average Bonchev–Trinajstić information content (AvgIpc) is 3.22. The van der Waals surface area contributed by atoms with Gasteiger partial charge in [-0.25, -0.2) is 4.79 Å². The molecule has 0 radical (unpaired) electrons. The van der Waals surface area contributed by atoms with Crippen LogP contribution in [0.25, 0.3) is 21.4 Å². The molecule has 0 saturated heterocycles. The molecule has 8 amide bonds. The van der Waals surface area contributed by atoms with Crippen LogP contribution in [0.5, 0.6) is 5.75 Å². The van der Waals surface area contributed by atoms with Crippen LogP contribution in [0.15, 0.2) is 62.9 Å². The third-order valence-corrected chi connectivity index (χ3v) is 8.86. The van der Waals surface area contributed by atoms with Gasteiger partial charge in [0.2, 0.25) is 47.3 Å². The van der Waals surface area contributed by atoms with Gasteiger partial charge in [0.15, 0.2) is 0 Å². The van der Waals surface area contributed by atoms with Crippen molar-refractivity contribution < 1.29 is 47.5 Å². The van der Waals surface area contributed by atoms with Crippen LogP contribution in [0.4, 0.5) is 5.69 Å². The lowest BCUT2D eigenvalue weighted by Crippen LogP contribution is -2.54. The fraction of sp³-hybridized carbons (Fsp3) is 0.425. The maximum atomic E-state index is 12.8. The van der Waals surface area contributed by atoms with E-state index in [0.717, 1.165) is 5.56 Å². The first kappa shape index (κ1) is 48.9. The van der Waals surface area contributed by atoms with E-state index in [4.69, 9.17) is 20.4 Å². The molecule has 9 N–H and O–H groups in total. The summed E-state index contributed by atoms with van der Waals surface area (Å²) >= 11 is 0. The number of ether oxygens (including phenoxy) is 1. The largest absolute Gasteiger partial charge is 0.489 e. The lowest BCUT2D eigenvalue weighted by atomic mass is 10.1. The monoisotopic (exact) mass is 861 g/mol. The molecule has 0 aliphatic heterocycles. The number of primary amides is 1. The lowest BCUT2D eigenvalue weighted by Gasteiger charge is -2.20. The minimum atomic E-state index is -1.00. The molecule has 1 heterocycles. The predicted octanol–water partition coefficient (Wildman–Crippen LogP) is 0.462. The first-order valence-corrected chi connectivity index (χ1v) is 19.6. The smallest absolute Gasteiger partial charge is 0.336 e. The highest BCUT2D eigenvalue weighted by Gasteiger charge is 2.24. The maximum absolute atomic E-state index is 12.8. The van der Waals surface area contributed by atoms with Gasteiger partial charge in [0.1, 0.15) is 36.1 Å². The summed E-state index contributed by atoms with van der Waals surface area (Å²) < 4.78 is 11.2. The van der Waals surface area contributed by atoms with Gasteiger partial charge in [-0.15, -0.1) is 0 Å². The number of benzene rings is 2. The Morgan fingerprint density at radius 1 is 0.742 bits per heavy atom. The molecule has 3 unspecified atom stereocenters. The van der Waals surface area contributed by atoms with Crippen molar-refractivity contribution in [2.24, 2.45) is 10.8 Å². The molecule has 0 spiro atoms. The second-order valence-corrected chi connectivity index (χ2v) is 14.0. The number of unbranched alkanes of at least 4 members (excludes halogenated alkanes) is 2. The number of fused-ring (bicyclic) bond motifs is 1. The summed E-state index contributed by atoms with van der Waals surface area (Å²) in [5.41, 5.74) is 14.2. The number of rotatable bonds is 25. The zero-order valence-electron chi connectivity index (χ0n) is 34.5. The van der Waals surface area contributed by atoms with Crippen molar-refractivity contribution in [1.82, 2.24) is 31.9 Å². The zero-order chi connectivity index (χ0) is 45.6. The van der Waals surface area contributed by atoms with Gasteiger partial charge in [-0.1, -0.05) is 23.7 Å². The Bertz CT molecular complexity index is 2210. The van der Waals surface area contributed by atoms with Crippen molar-refractivity contribution in [3.8, 4) is 5.75 Å². The van der Waals surface area contributed by atoms with E-state index in [0.29, 0.717) is 48.2 Å². The third kappa shape index (κ3) is 17.8. The number of carbonyl (C=O) groups is 8. The van der Waals surface area contributed by atoms with E-state index in [2.05, 4.69) is 47.2 Å². The Labute approximate surface area is 355 Å². The van der Waals surface area contributed by atoms with E-state index < -0.39 is 65.1 Å². The van der Waals surface area contributed by atoms with Gasteiger partial charge in [0.05, 0.1) is 19.5 Å². The van der Waals surface area contributed by atoms with Crippen LogP contribution in [0.2, 0.25) is 0 Å². The van der Waals surface area contributed by atoms with E-state index in [1.807, 2.05) is 0 Å². The van der Waals surface area contributed by atoms with Gasteiger partial charge in [-0.3, -0.25) is 38.4 Å². The van der Waals surface area contributed by atoms with Crippen molar-refractivity contribution in [3.05, 3.63) is 80.5 Å². The van der Waals surface area contributed by atoms with Gasteiger partial charge in [0.25, 0.3) is 0 Å². The van der Waals surface area contributed by atoms with Crippen molar-refractivity contribution in [2.45, 2.75) is 84.0 Å². The number of amides is 8. The normalized spacial score (nSPS) is 12.0. The molecule has 332 valence electrons. The molecule has 62 heavy (non-hydrogen) atoms. The minimum absolute atomic E-state index is 0.0246. The first-order chi connectivity index (χ1) is 29.5. The Morgan fingerprint density at radius 2 is 1.40 bits per heavy atom. The maximum Gasteiger partial charge on any atom is 0.336 e. The average molecular weight is 862 g/mol. The summed E-state index contributed by atoms with van der Waals surface area (Å²) in [5.74, 6) is -3.94. The highest BCUT2D eigenvalue weighted by atomic mass is 16.5. The number of carbonyl (C=O) groups excluding carboxylic acids is 8. The first-order valence-electron chi connectivity index (χ1n) is 19.6. The molecule has 0 aliphatic carbocycles. The van der Waals surface area contributed by atoms with Gasteiger partial charge in [-0.05, 0) is 74.5 Å². The van der Waals surface area contributed by atoms with Gasteiger partial charge in [0, 0.05) is 54.0 Å². The Hall–Kier alpha value is -7.48. The van der Waals surface area contributed by atoms with Crippen molar-refractivity contribution >= 4 is 63.9 Å². The third-order valence-electron chi connectivity index (χ3n) is 8.86. The number of hydrogen-bond acceptors (Lipinski definition) is 12. The van der Waals surface area contributed by atoms with E-state index in [-0.39, 0.29) is 57.0 Å². The fourth-order valence-corrected chi connectivity index (χ4v) is 5.49. The molecular formula is C40H51N11O11. The Kier molecular flexibility index (Phi) is 19.9. The van der Waals surface area contributed by atoms with Crippen molar-refractivity contribution in [2.75, 3.05) is 31.5 Å². The molecule has 3 rings (SSSR count). The Morgan fingerprint density at radius 3 is 2.08 bits per heavy atom. The summed E-state index contributed by atoms with van der Waals surface area (Å²) in [6.45, 7) is 4.16. The number of nitrogens with zero attached hydrogens (tertiary/aromatic N) is 3. The SMILES string of the molecule is CC(NC(=O)CCCCCN=[N+]=[N-])C(=O)NC(C)C(=O)NC(C)C(=O)Nc1ccc(COc2ccc3c(CC(=O)NCC(=O)NCCC(=O)NCC(N)=O)cc(=O)oc3c2)cc1. The van der Waals surface area contributed by atoms with Crippen molar-refractivity contribution in [1.29, 1.82) is 0 Å². The van der Waals surface area contributed by atoms with Crippen LogP contribution >= 0.6 is 0 Å². The number of anilines is 1. The lowest BCUT2D eigenvalue weighted by molar-refractivity contribution is -0.132. The molecule has 22 heteroatoms. The van der Waals surface area contributed by atoms with E-state index in [1.165, 1.54) is 32.9 Å². The van der Waals surface area contributed by atoms with Crippen LogP contribution in [0.3, 0.4) is 0 Å². The second-order valence-electron chi connectivity index (χ2n) is 14.0. The number of nitrogens with one attached hydrogen (secondary N) is 7. The summed E-state index contributed by atoms with van der Waals surface area (Å²) in [6, 6.07) is 9.77. The predicted molar refractivity (Wildman–Crippen MR) is 224 cm³/mol. The van der Waals surface area contributed by atoms with Crippen molar-refractivity contribution in [3.63, 3.8) is 0 Å². The van der Waals surface area contributed by atoms with Gasteiger partial charge in [-0.2, -0.15) is 0 Å². The van der Waals surface area contributed by atoms with Crippen LogP contribution in [-0.4, -0.2) is 91.6 Å². The molecule has 0 fully saturated rings. The molecule has 22 nitrogen and oxygen atoms in total. The molecule has 2 aromatic carbocycles. The molecule has 0 saturated carbocycles. The molecule has 0 bridgehead atoms. The molecule has 3 aromatic rings. The number of nitrogens with two attached hydrogens (primary N) is 1. The van der Waals surface area contributed by atoms with E-state index in [1.54, 1.807) is 36.4 Å². The van der Waals surface area contributed by atoms with Crippen LogP contribution < -0.4 is 53.3 Å².